The van der Waals surface area contributed by atoms with E-state index in [1.165, 1.54) is 0 Å². The maximum Gasteiger partial charge on any atom is 0.243 e. The number of hydrogen-bond donors (Lipinski definition) is 1. The molecule has 0 aromatic heterocycles. The van der Waals surface area contributed by atoms with Gasteiger partial charge in [-0.15, -0.1) is 0 Å². The van der Waals surface area contributed by atoms with Gasteiger partial charge in [-0.1, -0.05) is 90.8 Å². The molecule has 3 aromatic carbocycles. The SMILES string of the molecule is CC[C@@H](C)NC(=O)[C@H](Cc1ccccc1)N(Cc1cccc(Cl)c1)C(=O)Cc1ccccc1Cl. The van der Waals surface area contributed by atoms with E-state index in [0.29, 0.717) is 16.5 Å². The van der Waals surface area contributed by atoms with Crippen molar-refractivity contribution >= 4 is 35.0 Å². The van der Waals surface area contributed by atoms with Gasteiger partial charge in [0.25, 0.3) is 0 Å². The van der Waals surface area contributed by atoms with Crippen LogP contribution in [0, 0.1) is 0 Å². The summed E-state index contributed by atoms with van der Waals surface area (Å²) in [6.07, 6.45) is 1.30. The summed E-state index contributed by atoms with van der Waals surface area (Å²) in [6.45, 7) is 4.24. The lowest BCUT2D eigenvalue weighted by Gasteiger charge is -2.32. The highest BCUT2D eigenvalue weighted by Crippen LogP contribution is 2.21. The molecule has 4 nitrogen and oxygen atoms in total. The second-order valence-corrected chi connectivity index (χ2v) is 9.29. The number of benzene rings is 3. The molecule has 0 saturated carbocycles. The fraction of sp³-hybridized carbons (Fsp3) is 0.286. The van der Waals surface area contributed by atoms with E-state index >= 15 is 0 Å². The molecular formula is C28H30Cl2N2O2. The van der Waals surface area contributed by atoms with Crippen molar-refractivity contribution in [2.75, 3.05) is 0 Å². The van der Waals surface area contributed by atoms with Crippen molar-refractivity contribution < 1.29 is 9.59 Å². The van der Waals surface area contributed by atoms with Crippen LogP contribution >= 0.6 is 23.2 Å². The first-order valence-corrected chi connectivity index (χ1v) is 12.2. The number of nitrogens with one attached hydrogen (secondary N) is 1. The molecule has 2 atom stereocenters. The lowest BCUT2D eigenvalue weighted by atomic mass is 10.0. The first-order valence-electron chi connectivity index (χ1n) is 11.5. The van der Waals surface area contributed by atoms with Gasteiger partial charge in [0.05, 0.1) is 6.42 Å². The Bertz CT molecular complexity index is 1100. The minimum Gasteiger partial charge on any atom is -0.352 e. The zero-order chi connectivity index (χ0) is 24.5. The van der Waals surface area contributed by atoms with Gasteiger partial charge in [0.15, 0.2) is 0 Å². The maximum absolute atomic E-state index is 13.7. The molecule has 3 aromatic rings. The Kier molecular flexibility index (Phi) is 9.55. The summed E-state index contributed by atoms with van der Waals surface area (Å²) in [5.74, 6) is -0.346. The third-order valence-electron chi connectivity index (χ3n) is 5.81. The van der Waals surface area contributed by atoms with Crippen LogP contribution in [0.15, 0.2) is 78.9 Å². The van der Waals surface area contributed by atoms with Gasteiger partial charge >= 0.3 is 0 Å². The van der Waals surface area contributed by atoms with Crippen LogP contribution in [0.25, 0.3) is 0 Å². The molecule has 0 aliphatic rings. The number of hydrogen-bond acceptors (Lipinski definition) is 2. The van der Waals surface area contributed by atoms with Crippen LogP contribution in [-0.4, -0.2) is 28.8 Å². The topological polar surface area (TPSA) is 49.4 Å². The summed E-state index contributed by atoms with van der Waals surface area (Å²) in [6, 6.07) is 23.7. The Morgan fingerprint density at radius 1 is 0.912 bits per heavy atom. The van der Waals surface area contributed by atoms with E-state index in [1.807, 2.05) is 80.6 Å². The minimum atomic E-state index is -0.689. The third kappa shape index (κ3) is 7.34. The summed E-state index contributed by atoms with van der Waals surface area (Å²) < 4.78 is 0. The monoisotopic (exact) mass is 496 g/mol. The summed E-state index contributed by atoms with van der Waals surface area (Å²) >= 11 is 12.6. The summed E-state index contributed by atoms with van der Waals surface area (Å²) in [5, 5.41) is 4.19. The molecular weight excluding hydrogens is 467 g/mol. The lowest BCUT2D eigenvalue weighted by Crippen LogP contribution is -2.52. The van der Waals surface area contributed by atoms with Crippen molar-refractivity contribution in [3.05, 3.63) is 106 Å². The highest BCUT2D eigenvalue weighted by Gasteiger charge is 2.31. The summed E-state index contributed by atoms with van der Waals surface area (Å²) in [7, 11) is 0. The highest BCUT2D eigenvalue weighted by molar-refractivity contribution is 6.31. The number of halogens is 2. The Hall–Kier alpha value is -2.82. The lowest BCUT2D eigenvalue weighted by molar-refractivity contribution is -0.141. The molecule has 0 heterocycles. The van der Waals surface area contributed by atoms with Crippen LogP contribution < -0.4 is 5.32 Å². The summed E-state index contributed by atoms with van der Waals surface area (Å²) in [4.78, 5) is 28.8. The first-order chi connectivity index (χ1) is 16.4. The smallest absolute Gasteiger partial charge is 0.243 e. The first kappa shape index (κ1) is 25.8. The van der Waals surface area contributed by atoms with E-state index < -0.39 is 6.04 Å². The molecule has 0 saturated heterocycles. The number of amides is 2. The fourth-order valence-electron chi connectivity index (χ4n) is 3.73. The molecule has 0 aliphatic carbocycles. The molecule has 2 amide bonds. The van der Waals surface area contributed by atoms with Crippen LogP contribution in [0.4, 0.5) is 0 Å². The van der Waals surface area contributed by atoms with Crippen molar-refractivity contribution in [3.8, 4) is 0 Å². The quantitative estimate of drug-likeness (QED) is 0.369. The Labute approximate surface area is 211 Å². The van der Waals surface area contributed by atoms with Gasteiger partial charge < -0.3 is 10.2 Å². The molecule has 6 heteroatoms. The number of carbonyl (C=O) groups is 2. The predicted molar refractivity (Wildman–Crippen MR) is 139 cm³/mol. The maximum atomic E-state index is 13.7. The zero-order valence-corrected chi connectivity index (χ0v) is 21.0. The van der Waals surface area contributed by atoms with Crippen molar-refractivity contribution in [2.24, 2.45) is 0 Å². The molecule has 0 spiro atoms. The molecule has 178 valence electrons. The Morgan fingerprint density at radius 3 is 2.26 bits per heavy atom. The molecule has 0 unspecified atom stereocenters. The van der Waals surface area contributed by atoms with Crippen LogP contribution in [0.3, 0.4) is 0 Å². The molecule has 0 radical (unpaired) electrons. The van der Waals surface area contributed by atoms with E-state index in [4.69, 9.17) is 23.2 Å². The zero-order valence-electron chi connectivity index (χ0n) is 19.5. The van der Waals surface area contributed by atoms with Crippen molar-refractivity contribution in [1.82, 2.24) is 10.2 Å². The van der Waals surface area contributed by atoms with Crippen LogP contribution in [0.5, 0.6) is 0 Å². The van der Waals surface area contributed by atoms with Gasteiger partial charge in [-0.2, -0.15) is 0 Å². The molecule has 1 N–H and O–H groups in total. The number of rotatable bonds is 10. The van der Waals surface area contributed by atoms with E-state index in [2.05, 4.69) is 5.32 Å². The average Bonchev–Trinajstić information content (AvgIpc) is 2.83. The minimum absolute atomic E-state index is 0.00235. The Balaban J connectivity index is 1.98. The highest BCUT2D eigenvalue weighted by atomic mass is 35.5. The van der Waals surface area contributed by atoms with Crippen molar-refractivity contribution in [3.63, 3.8) is 0 Å². The van der Waals surface area contributed by atoms with E-state index in [9.17, 15) is 9.59 Å². The van der Waals surface area contributed by atoms with E-state index in [-0.39, 0.29) is 30.8 Å². The van der Waals surface area contributed by atoms with E-state index in [1.54, 1.807) is 17.0 Å². The van der Waals surface area contributed by atoms with Gasteiger partial charge in [0, 0.05) is 29.1 Å². The van der Waals surface area contributed by atoms with Crippen LogP contribution in [-0.2, 0) is 29.0 Å². The second-order valence-electron chi connectivity index (χ2n) is 8.44. The molecule has 34 heavy (non-hydrogen) atoms. The van der Waals surface area contributed by atoms with Crippen LogP contribution in [0.1, 0.15) is 37.0 Å². The van der Waals surface area contributed by atoms with Gasteiger partial charge in [-0.05, 0) is 48.2 Å². The largest absolute Gasteiger partial charge is 0.352 e. The standard InChI is InChI=1S/C28H30Cl2N2O2/c1-3-20(2)31-28(34)26(17-21-10-5-4-6-11-21)32(19-22-12-9-14-24(29)16-22)27(33)18-23-13-7-8-15-25(23)30/h4-16,20,26H,3,17-19H2,1-2H3,(H,31,34)/t20-,26+/m1/s1. The molecule has 0 bridgehead atoms. The van der Waals surface area contributed by atoms with Gasteiger partial charge in [0.2, 0.25) is 11.8 Å². The summed E-state index contributed by atoms with van der Waals surface area (Å²) in [5.41, 5.74) is 2.56. The fourth-order valence-corrected chi connectivity index (χ4v) is 4.15. The number of carbonyl (C=O) groups excluding carboxylic acids is 2. The predicted octanol–water partition coefficient (Wildman–Crippen LogP) is 6.09. The molecule has 0 fully saturated rings. The van der Waals surface area contributed by atoms with Gasteiger partial charge in [-0.25, -0.2) is 0 Å². The van der Waals surface area contributed by atoms with Gasteiger partial charge in [-0.3, -0.25) is 9.59 Å². The average molecular weight is 497 g/mol. The normalized spacial score (nSPS) is 12.6. The van der Waals surface area contributed by atoms with Crippen molar-refractivity contribution in [2.45, 2.75) is 51.7 Å². The number of nitrogens with zero attached hydrogens (tertiary/aromatic N) is 1. The van der Waals surface area contributed by atoms with Crippen LogP contribution in [0.2, 0.25) is 10.0 Å². The van der Waals surface area contributed by atoms with Crippen molar-refractivity contribution in [1.29, 1.82) is 0 Å². The molecule has 0 aliphatic heterocycles. The molecule has 3 rings (SSSR count). The Morgan fingerprint density at radius 2 is 1.59 bits per heavy atom. The third-order valence-corrected chi connectivity index (χ3v) is 6.42. The van der Waals surface area contributed by atoms with Gasteiger partial charge in [0.1, 0.15) is 6.04 Å². The second kappa shape index (κ2) is 12.6. The van der Waals surface area contributed by atoms with E-state index in [0.717, 1.165) is 23.1 Å².